The number of carbonyl (C=O) groups excluding carboxylic acids is 1. The summed E-state index contributed by atoms with van der Waals surface area (Å²) >= 11 is 0. The molecule has 2 saturated heterocycles. The molecule has 2 aliphatic heterocycles. The summed E-state index contributed by atoms with van der Waals surface area (Å²) in [6.07, 6.45) is 0. The van der Waals surface area contributed by atoms with E-state index in [1.54, 1.807) is 13.0 Å². The molecule has 0 saturated carbocycles. The summed E-state index contributed by atoms with van der Waals surface area (Å²) in [6, 6.07) is 4.40. The molecule has 108 valence electrons. The summed E-state index contributed by atoms with van der Waals surface area (Å²) in [4.78, 5) is 14.8. The quantitative estimate of drug-likeness (QED) is 0.853. The summed E-state index contributed by atoms with van der Waals surface area (Å²) in [5, 5.41) is 3.41. The average Bonchev–Trinajstić information content (AvgIpc) is 2.91. The lowest BCUT2D eigenvalue weighted by molar-refractivity contribution is 0.0602. The second kappa shape index (κ2) is 4.55. The van der Waals surface area contributed by atoms with Gasteiger partial charge in [0.1, 0.15) is 5.82 Å². The first-order chi connectivity index (χ1) is 9.41. The number of nitrogens with one attached hydrogen (secondary N) is 1. The van der Waals surface area contributed by atoms with Gasteiger partial charge < -0.3 is 10.2 Å². The van der Waals surface area contributed by atoms with Gasteiger partial charge in [0.05, 0.1) is 0 Å². The first-order valence-corrected chi connectivity index (χ1v) is 7.20. The van der Waals surface area contributed by atoms with Crippen molar-refractivity contribution in [1.29, 1.82) is 0 Å². The number of amides is 1. The Labute approximate surface area is 119 Å². The molecule has 2 unspecified atom stereocenters. The number of rotatable bonds is 1. The molecule has 2 heterocycles. The summed E-state index contributed by atoms with van der Waals surface area (Å²) in [5.41, 5.74) is 1.18. The average molecular weight is 276 g/mol. The van der Waals surface area contributed by atoms with Gasteiger partial charge in [-0.2, -0.15) is 0 Å². The van der Waals surface area contributed by atoms with E-state index in [9.17, 15) is 9.18 Å². The summed E-state index contributed by atoms with van der Waals surface area (Å²) in [7, 11) is 0. The number of hydrogen-bond acceptors (Lipinski definition) is 2. The van der Waals surface area contributed by atoms with E-state index in [4.69, 9.17) is 0 Å². The largest absolute Gasteiger partial charge is 0.333 e. The first-order valence-electron chi connectivity index (χ1n) is 7.20. The molecule has 0 spiro atoms. The minimum Gasteiger partial charge on any atom is -0.333 e. The van der Waals surface area contributed by atoms with Crippen LogP contribution in [0, 0.1) is 24.6 Å². The Morgan fingerprint density at radius 1 is 1.40 bits per heavy atom. The van der Waals surface area contributed by atoms with Gasteiger partial charge in [0.2, 0.25) is 0 Å². The van der Waals surface area contributed by atoms with E-state index in [0.29, 0.717) is 23.0 Å². The zero-order valence-electron chi connectivity index (χ0n) is 12.2. The normalized spacial score (nSPS) is 27.7. The smallest absolute Gasteiger partial charge is 0.254 e. The predicted octanol–water partition coefficient (Wildman–Crippen LogP) is 2.20. The molecule has 2 atom stereocenters. The number of likely N-dealkylation sites (tertiary alicyclic amines) is 1. The molecule has 0 radical (unpaired) electrons. The molecule has 1 aromatic rings. The van der Waals surface area contributed by atoms with Crippen molar-refractivity contribution in [1.82, 2.24) is 10.2 Å². The summed E-state index contributed by atoms with van der Waals surface area (Å²) in [5.74, 6) is 0.782. The fourth-order valence-corrected chi connectivity index (χ4v) is 3.78. The van der Waals surface area contributed by atoms with E-state index in [-0.39, 0.29) is 17.3 Å². The van der Waals surface area contributed by atoms with Gasteiger partial charge in [0, 0.05) is 30.7 Å². The molecule has 1 amide bonds. The van der Waals surface area contributed by atoms with Gasteiger partial charge >= 0.3 is 0 Å². The van der Waals surface area contributed by atoms with Crippen LogP contribution in [-0.4, -0.2) is 36.0 Å². The fraction of sp³-hybridized carbons (Fsp3) is 0.562. The number of fused-ring (bicyclic) bond motifs is 1. The zero-order valence-corrected chi connectivity index (χ0v) is 12.2. The van der Waals surface area contributed by atoms with Gasteiger partial charge in [-0.05, 0) is 56.4 Å². The molecule has 0 bridgehead atoms. The van der Waals surface area contributed by atoms with E-state index >= 15 is 0 Å². The lowest BCUT2D eigenvalue weighted by atomic mass is 9.84. The number of halogens is 1. The number of hydrogen-bond donors (Lipinski definition) is 1. The van der Waals surface area contributed by atoms with Crippen molar-refractivity contribution >= 4 is 5.91 Å². The van der Waals surface area contributed by atoms with Crippen LogP contribution in [0.25, 0.3) is 0 Å². The standard InChI is InChI=1S/C16H21FN2O/c1-10-6-12(17)4-5-13(10)15(20)19-9-11-7-18-8-14(11)16(19,2)3/h4-6,11,14,18H,7-9H2,1-3H3. The van der Waals surface area contributed by atoms with Crippen molar-refractivity contribution in [2.45, 2.75) is 26.3 Å². The number of nitrogens with zero attached hydrogens (tertiary/aromatic N) is 1. The van der Waals surface area contributed by atoms with Crippen molar-refractivity contribution in [3.05, 3.63) is 35.1 Å². The van der Waals surface area contributed by atoms with Crippen molar-refractivity contribution in [3.8, 4) is 0 Å². The molecule has 4 heteroatoms. The highest BCUT2D eigenvalue weighted by Gasteiger charge is 2.51. The van der Waals surface area contributed by atoms with Crippen molar-refractivity contribution in [2.24, 2.45) is 11.8 Å². The van der Waals surface area contributed by atoms with E-state index < -0.39 is 0 Å². The minimum atomic E-state index is -0.291. The van der Waals surface area contributed by atoms with Gasteiger partial charge in [-0.25, -0.2) is 4.39 Å². The fourth-order valence-electron chi connectivity index (χ4n) is 3.78. The molecule has 0 aromatic heterocycles. The van der Waals surface area contributed by atoms with Crippen molar-refractivity contribution in [3.63, 3.8) is 0 Å². The third-order valence-corrected chi connectivity index (χ3v) is 5.02. The highest BCUT2D eigenvalue weighted by molar-refractivity contribution is 5.96. The van der Waals surface area contributed by atoms with Crippen LogP contribution < -0.4 is 5.32 Å². The maximum Gasteiger partial charge on any atom is 0.254 e. The van der Waals surface area contributed by atoms with Crippen LogP contribution in [0.2, 0.25) is 0 Å². The van der Waals surface area contributed by atoms with Crippen LogP contribution in [0.4, 0.5) is 4.39 Å². The Bertz CT molecular complexity index is 555. The van der Waals surface area contributed by atoms with E-state index in [2.05, 4.69) is 19.2 Å². The van der Waals surface area contributed by atoms with Crippen LogP contribution >= 0.6 is 0 Å². The first kappa shape index (κ1) is 13.6. The maximum absolute atomic E-state index is 13.2. The van der Waals surface area contributed by atoms with Gasteiger partial charge in [0.25, 0.3) is 5.91 Å². The molecule has 3 rings (SSSR count). The molecule has 1 aromatic carbocycles. The molecular formula is C16H21FN2O. The summed E-state index contributed by atoms with van der Waals surface area (Å²) in [6.45, 7) is 8.83. The van der Waals surface area contributed by atoms with Gasteiger partial charge in [-0.15, -0.1) is 0 Å². The Hall–Kier alpha value is -1.42. The van der Waals surface area contributed by atoms with Crippen LogP contribution in [0.5, 0.6) is 0 Å². The Morgan fingerprint density at radius 3 is 2.80 bits per heavy atom. The number of aryl methyl sites for hydroxylation is 1. The van der Waals surface area contributed by atoms with Crippen molar-refractivity contribution in [2.75, 3.05) is 19.6 Å². The summed E-state index contributed by atoms with van der Waals surface area (Å²) < 4.78 is 13.2. The van der Waals surface area contributed by atoms with Gasteiger partial charge in [0.15, 0.2) is 0 Å². The SMILES string of the molecule is Cc1cc(F)ccc1C(=O)N1CC2CNCC2C1(C)C. The van der Waals surface area contributed by atoms with E-state index in [1.165, 1.54) is 12.1 Å². The molecule has 2 aliphatic rings. The highest BCUT2D eigenvalue weighted by atomic mass is 19.1. The Kier molecular flexibility index (Phi) is 3.09. The maximum atomic E-state index is 13.2. The van der Waals surface area contributed by atoms with Crippen LogP contribution in [0.3, 0.4) is 0 Å². The van der Waals surface area contributed by atoms with Gasteiger partial charge in [-0.1, -0.05) is 0 Å². The minimum absolute atomic E-state index is 0.0295. The number of carbonyl (C=O) groups is 1. The van der Waals surface area contributed by atoms with Crippen LogP contribution in [0.1, 0.15) is 29.8 Å². The molecule has 20 heavy (non-hydrogen) atoms. The predicted molar refractivity (Wildman–Crippen MR) is 76.1 cm³/mol. The third kappa shape index (κ3) is 1.94. The second-order valence-electron chi connectivity index (χ2n) is 6.55. The Morgan fingerprint density at radius 2 is 2.15 bits per heavy atom. The molecular weight excluding hydrogens is 255 g/mol. The van der Waals surface area contributed by atoms with E-state index in [0.717, 1.165) is 19.6 Å². The zero-order chi connectivity index (χ0) is 14.5. The highest BCUT2D eigenvalue weighted by Crippen LogP contribution is 2.41. The number of benzene rings is 1. The molecule has 0 aliphatic carbocycles. The topological polar surface area (TPSA) is 32.3 Å². The van der Waals surface area contributed by atoms with Crippen molar-refractivity contribution < 1.29 is 9.18 Å². The van der Waals surface area contributed by atoms with Gasteiger partial charge in [-0.3, -0.25) is 4.79 Å². The van der Waals surface area contributed by atoms with E-state index in [1.807, 2.05) is 4.90 Å². The third-order valence-electron chi connectivity index (χ3n) is 5.02. The lowest BCUT2D eigenvalue weighted by Crippen LogP contribution is -2.47. The molecule has 3 nitrogen and oxygen atoms in total. The lowest BCUT2D eigenvalue weighted by Gasteiger charge is -2.36. The molecule has 1 N–H and O–H groups in total. The van der Waals surface area contributed by atoms with Crippen LogP contribution in [0.15, 0.2) is 18.2 Å². The second-order valence-corrected chi connectivity index (χ2v) is 6.55. The Balaban J connectivity index is 1.91. The van der Waals surface area contributed by atoms with Crippen LogP contribution in [-0.2, 0) is 0 Å². The molecule has 2 fully saturated rings. The monoisotopic (exact) mass is 276 g/mol.